The molecule has 1 unspecified atom stereocenters. The Labute approximate surface area is 218 Å². The van der Waals surface area contributed by atoms with Gasteiger partial charge in [0.2, 0.25) is 28.6 Å². The van der Waals surface area contributed by atoms with E-state index >= 15 is 0 Å². The van der Waals surface area contributed by atoms with E-state index < -0.39 is 28.5 Å². The Kier molecular flexibility index (Phi) is 9.25. The Bertz CT molecular complexity index is 1220. The lowest BCUT2D eigenvalue weighted by Crippen LogP contribution is -2.53. The molecule has 10 nitrogen and oxygen atoms in total. The number of carbonyl (C=O) groups is 2. The lowest BCUT2D eigenvalue weighted by Gasteiger charge is -2.33. The molecule has 0 spiro atoms. The van der Waals surface area contributed by atoms with Gasteiger partial charge in [-0.15, -0.1) is 0 Å². The molecule has 0 fully saturated rings. The van der Waals surface area contributed by atoms with Crippen LogP contribution >= 0.6 is 0 Å². The fraction of sp³-hybridized carbons (Fsp3) is 0.462. The van der Waals surface area contributed by atoms with Gasteiger partial charge in [-0.2, -0.15) is 0 Å². The molecule has 11 heteroatoms. The van der Waals surface area contributed by atoms with Crippen LogP contribution in [0, 0.1) is 0 Å². The quantitative estimate of drug-likeness (QED) is 0.446. The first-order valence-corrected chi connectivity index (χ1v) is 13.8. The van der Waals surface area contributed by atoms with Crippen molar-refractivity contribution in [3.8, 4) is 17.2 Å². The van der Waals surface area contributed by atoms with E-state index in [0.717, 1.165) is 9.87 Å². The molecule has 2 aromatic carbocycles. The molecule has 37 heavy (non-hydrogen) atoms. The first-order chi connectivity index (χ1) is 17.6. The summed E-state index contributed by atoms with van der Waals surface area (Å²) in [4.78, 5) is 28.3. The number of hydrogen-bond acceptors (Lipinski definition) is 7. The molecule has 0 aromatic heterocycles. The molecule has 3 rings (SSSR count). The number of sulfonamides is 1. The summed E-state index contributed by atoms with van der Waals surface area (Å²) in [5.41, 5.74) is 1.02. The number of amides is 2. The number of nitrogens with one attached hydrogen (secondary N) is 1. The van der Waals surface area contributed by atoms with Gasteiger partial charge in [-0.25, -0.2) is 8.42 Å². The van der Waals surface area contributed by atoms with Crippen LogP contribution in [0.15, 0.2) is 42.5 Å². The summed E-state index contributed by atoms with van der Waals surface area (Å²) >= 11 is 0. The average Bonchev–Trinajstić information content (AvgIpc) is 3.34. The highest BCUT2D eigenvalue weighted by atomic mass is 32.2. The maximum Gasteiger partial charge on any atom is 0.244 e. The van der Waals surface area contributed by atoms with Crippen LogP contribution in [-0.4, -0.2) is 63.4 Å². The first-order valence-electron chi connectivity index (χ1n) is 12.2. The second-order valence-electron chi connectivity index (χ2n) is 8.91. The van der Waals surface area contributed by atoms with Gasteiger partial charge in [0.05, 0.1) is 18.6 Å². The van der Waals surface area contributed by atoms with Crippen LogP contribution in [0.3, 0.4) is 0 Å². The second kappa shape index (κ2) is 12.2. The van der Waals surface area contributed by atoms with Crippen molar-refractivity contribution < 1.29 is 32.2 Å². The first kappa shape index (κ1) is 28.1. The van der Waals surface area contributed by atoms with Gasteiger partial charge in [0.25, 0.3) is 0 Å². The minimum atomic E-state index is -3.85. The Morgan fingerprint density at radius 1 is 1.08 bits per heavy atom. The third kappa shape index (κ3) is 6.85. The zero-order valence-corrected chi connectivity index (χ0v) is 22.7. The van der Waals surface area contributed by atoms with Crippen molar-refractivity contribution in [2.75, 3.05) is 30.5 Å². The Balaban J connectivity index is 1.98. The molecule has 202 valence electrons. The third-order valence-corrected chi connectivity index (χ3v) is 7.67. The van der Waals surface area contributed by atoms with Gasteiger partial charge >= 0.3 is 0 Å². The maximum atomic E-state index is 13.8. The van der Waals surface area contributed by atoms with Gasteiger partial charge < -0.3 is 24.4 Å². The van der Waals surface area contributed by atoms with E-state index in [1.165, 1.54) is 17.9 Å². The smallest absolute Gasteiger partial charge is 0.244 e. The van der Waals surface area contributed by atoms with Crippen molar-refractivity contribution in [3.05, 3.63) is 48.0 Å². The van der Waals surface area contributed by atoms with Crippen molar-refractivity contribution in [1.29, 1.82) is 0 Å². The summed E-state index contributed by atoms with van der Waals surface area (Å²) in [5.74, 6) is 0.484. The molecule has 0 bridgehead atoms. The Morgan fingerprint density at radius 2 is 1.81 bits per heavy atom. The van der Waals surface area contributed by atoms with Crippen molar-refractivity contribution in [3.63, 3.8) is 0 Å². The molecule has 1 aliphatic heterocycles. The summed E-state index contributed by atoms with van der Waals surface area (Å²) < 4.78 is 43.3. The van der Waals surface area contributed by atoms with Crippen molar-refractivity contribution in [2.24, 2.45) is 0 Å². The van der Waals surface area contributed by atoms with Crippen LogP contribution in [0.5, 0.6) is 17.2 Å². The fourth-order valence-electron chi connectivity index (χ4n) is 4.03. The molecule has 1 atom stereocenters. The summed E-state index contributed by atoms with van der Waals surface area (Å²) in [6, 6.07) is 11.0. The van der Waals surface area contributed by atoms with Gasteiger partial charge in [-0.05, 0) is 57.0 Å². The van der Waals surface area contributed by atoms with Crippen molar-refractivity contribution in [2.45, 2.75) is 52.7 Å². The van der Waals surface area contributed by atoms with Gasteiger partial charge in [0, 0.05) is 18.7 Å². The van der Waals surface area contributed by atoms with E-state index in [1.54, 1.807) is 37.4 Å². The average molecular weight is 534 g/mol. The normalized spacial score (nSPS) is 13.2. The standard InChI is InChI=1S/C26H35N3O7S/c1-6-22(26(31)27-18(3)4)28(15-19-9-8-10-21(13-19)34-5)25(30)16-29(37(32,33)7-2)20-11-12-23-24(14-20)36-17-35-23/h8-14,18,22H,6-7,15-17H2,1-5H3,(H,27,31). The number of nitrogens with zero attached hydrogens (tertiary/aromatic N) is 2. The van der Waals surface area contributed by atoms with Crippen LogP contribution in [0.4, 0.5) is 5.69 Å². The molecule has 1 aliphatic rings. The molecule has 1 heterocycles. The molecule has 0 saturated carbocycles. The minimum Gasteiger partial charge on any atom is -0.497 e. The summed E-state index contributed by atoms with van der Waals surface area (Å²) in [7, 11) is -2.30. The van der Waals surface area contributed by atoms with Crippen LogP contribution in [0.25, 0.3) is 0 Å². The molecule has 0 saturated heterocycles. The fourth-order valence-corrected chi connectivity index (χ4v) is 5.08. The van der Waals surface area contributed by atoms with Crippen LogP contribution in [0.1, 0.15) is 39.7 Å². The number of fused-ring (bicyclic) bond motifs is 1. The van der Waals surface area contributed by atoms with E-state index in [4.69, 9.17) is 14.2 Å². The number of ether oxygens (including phenoxy) is 3. The molecule has 0 aliphatic carbocycles. The van der Waals surface area contributed by atoms with Gasteiger partial charge in [0.1, 0.15) is 18.3 Å². The zero-order chi connectivity index (χ0) is 27.2. The van der Waals surface area contributed by atoms with Crippen LogP contribution in [0.2, 0.25) is 0 Å². The molecule has 2 aromatic rings. The maximum absolute atomic E-state index is 13.8. The van der Waals surface area contributed by atoms with Crippen LogP contribution < -0.4 is 23.8 Å². The number of benzene rings is 2. The van der Waals surface area contributed by atoms with E-state index in [-0.39, 0.29) is 36.7 Å². The second-order valence-corrected chi connectivity index (χ2v) is 11.1. The Hall–Kier alpha value is -3.47. The van der Waals surface area contributed by atoms with Gasteiger partial charge in [-0.1, -0.05) is 19.1 Å². The van der Waals surface area contributed by atoms with E-state index in [2.05, 4.69) is 5.32 Å². The highest BCUT2D eigenvalue weighted by Crippen LogP contribution is 2.36. The third-order valence-electron chi connectivity index (χ3n) is 5.93. The van der Waals surface area contributed by atoms with Gasteiger partial charge in [0.15, 0.2) is 11.5 Å². The zero-order valence-electron chi connectivity index (χ0n) is 21.9. The number of methoxy groups -OCH3 is 1. The lowest BCUT2D eigenvalue weighted by molar-refractivity contribution is -0.140. The van der Waals surface area contributed by atoms with Crippen molar-refractivity contribution in [1.82, 2.24) is 10.2 Å². The Morgan fingerprint density at radius 3 is 2.46 bits per heavy atom. The summed E-state index contributed by atoms with van der Waals surface area (Å²) in [6.45, 7) is 6.66. The largest absolute Gasteiger partial charge is 0.497 e. The van der Waals surface area contributed by atoms with Crippen molar-refractivity contribution >= 4 is 27.5 Å². The molecule has 2 amide bonds. The highest BCUT2D eigenvalue weighted by molar-refractivity contribution is 7.92. The topological polar surface area (TPSA) is 114 Å². The lowest BCUT2D eigenvalue weighted by atomic mass is 10.1. The number of hydrogen-bond donors (Lipinski definition) is 1. The van der Waals surface area contributed by atoms with Gasteiger partial charge in [-0.3, -0.25) is 13.9 Å². The number of carbonyl (C=O) groups excluding carboxylic acids is 2. The number of anilines is 1. The highest BCUT2D eigenvalue weighted by Gasteiger charge is 2.33. The molecular weight excluding hydrogens is 498 g/mol. The number of rotatable bonds is 12. The predicted octanol–water partition coefficient (Wildman–Crippen LogP) is 2.91. The van der Waals surface area contributed by atoms with E-state index in [9.17, 15) is 18.0 Å². The minimum absolute atomic E-state index is 0.0374. The predicted molar refractivity (Wildman–Crippen MR) is 140 cm³/mol. The monoisotopic (exact) mass is 533 g/mol. The SMILES string of the molecule is CCC(C(=O)NC(C)C)N(Cc1cccc(OC)c1)C(=O)CN(c1ccc2c(c1)OCO2)S(=O)(=O)CC. The summed E-state index contributed by atoms with van der Waals surface area (Å²) in [5, 5.41) is 2.87. The summed E-state index contributed by atoms with van der Waals surface area (Å²) in [6.07, 6.45) is 0.346. The molecular formula is C26H35N3O7S. The molecule has 1 N–H and O–H groups in total. The van der Waals surface area contributed by atoms with Crippen LogP contribution in [-0.2, 0) is 26.2 Å². The van der Waals surface area contributed by atoms with E-state index in [0.29, 0.717) is 23.7 Å². The van der Waals surface area contributed by atoms with E-state index in [1.807, 2.05) is 26.8 Å². The molecule has 0 radical (unpaired) electrons.